The van der Waals surface area contributed by atoms with Crippen molar-refractivity contribution in [2.45, 2.75) is 32.4 Å². The Hall–Kier alpha value is -1.04. The molecule has 3 nitrogen and oxygen atoms in total. The number of carbonyl (C=O) groups is 1. The van der Waals surface area contributed by atoms with E-state index in [1.165, 1.54) is 7.11 Å². The van der Waals surface area contributed by atoms with Crippen LogP contribution < -0.4 is 0 Å². The summed E-state index contributed by atoms with van der Waals surface area (Å²) < 4.78 is 42.1. The largest absolute Gasteiger partial charge is 0.466 e. The quantitative estimate of drug-likeness (QED) is 0.585. The van der Waals surface area contributed by atoms with E-state index in [9.17, 15) is 18.0 Å². The topological polar surface area (TPSA) is 29.5 Å². The van der Waals surface area contributed by atoms with Gasteiger partial charge in [0.05, 0.1) is 13.0 Å². The van der Waals surface area contributed by atoms with Crippen molar-refractivity contribution < 1.29 is 22.7 Å². The average Bonchev–Trinajstić information content (AvgIpc) is 2.38. The van der Waals surface area contributed by atoms with E-state index in [1.54, 1.807) is 6.08 Å². The molecule has 0 amide bonds. The van der Waals surface area contributed by atoms with Crippen LogP contribution in [0, 0.1) is 5.92 Å². The fourth-order valence-electron chi connectivity index (χ4n) is 2.19. The molecule has 1 aliphatic rings. The molecule has 0 bridgehead atoms. The zero-order chi connectivity index (χ0) is 14.5. The maximum atomic E-state index is 12.5. The summed E-state index contributed by atoms with van der Waals surface area (Å²) in [5.41, 5.74) is 0.570. The van der Waals surface area contributed by atoms with Crippen molar-refractivity contribution in [3.63, 3.8) is 0 Å². The second-order valence-corrected chi connectivity index (χ2v) is 4.69. The van der Waals surface area contributed by atoms with Gasteiger partial charge in [0.25, 0.3) is 0 Å². The Labute approximate surface area is 111 Å². The van der Waals surface area contributed by atoms with E-state index >= 15 is 0 Å². The molecule has 1 rings (SSSR count). The molecule has 110 valence electrons. The van der Waals surface area contributed by atoms with Gasteiger partial charge in [0.1, 0.15) is 0 Å². The normalized spacial score (nSPS) is 19.5. The molecule has 0 radical (unpaired) electrons. The highest BCUT2D eigenvalue weighted by Crippen LogP contribution is 2.33. The maximum Gasteiger partial charge on any atom is 0.391 e. The molecule has 0 aromatic rings. The van der Waals surface area contributed by atoms with Gasteiger partial charge in [-0.15, -0.1) is 0 Å². The number of alkyl halides is 3. The van der Waals surface area contributed by atoms with Crippen molar-refractivity contribution >= 4 is 5.97 Å². The van der Waals surface area contributed by atoms with Gasteiger partial charge in [0.2, 0.25) is 0 Å². The number of hydrogen-bond acceptors (Lipinski definition) is 3. The van der Waals surface area contributed by atoms with Gasteiger partial charge in [-0.05, 0) is 32.4 Å². The Morgan fingerprint density at radius 2 is 1.95 bits per heavy atom. The van der Waals surface area contributed by atoms with Crippen molar-refractivity contribution in [3.05, 3.63) is 11.6 Å². The molecule has 1 fully saturated rings. The Kier molecular flexibility index (Phi) is 5.85. The van der Waals surface area contributed by atoms with Gasteiger partial charge in [-0.1, -0.05) is 13.0 Å². The number of piperidine rings is 1. The van der Waals surface area contributed by atoms with Gasteiger partial charge in [0, 0.05) is 12.1 Å². The van der Waals surface area contributed by atoms with E-state index in [1.807, 2.05) is 11.8 Å². The average molecular weight is 279 g/mol. The van der Waals surface area contributed by atoms with Crippen LogP contribution in [0.2, 0.25) is 0 Å². The van der Waals surface area contributed by atoms with Crippen LogP contribution in [0.3, 0.4) is 0 Å². The molecule has 1 heterocycles. The molecular formula is C13H20F3NO2. The Morgan fingerprint density at radius 3 is 2.37 bits per heavy atom. The van der Waals surface area contributed by atoms with Crippen LogP contribution in [-0.4, -0.2) is 43.8 Å². The predicted molar refractivity (Wildman–Crippen MR) is 65.6 cm³/mol. The number of halogens is 3. The van der Waals surface area contributed by atoms with E-state index in [-0.39, 0.29) is 18.8 Å². The zero-order valence-electron chi connectivity index (χ0n) is 11.3. The number of likely N-dealkylation sites (tertiary alicyclic amines) is 1. The molecule has 0 aromatic carbocycles. The van der Waals surface area contributed by atoms with E-state index in [2.05, 4.69) is 4.74 Å². The SMILES string of the molecule is CCC(=CCN1CCC(C(F)(F)F)CC1)C(=O)OC. The number of carbonyl (C=O) groups excluding carboxylic acids is 1. The third kappa shape index (κ3) is 4.86. The lowest BCUT2D eigenvalue weighted by Gasteiger charge is -2.32. The number of nitrogens with zero attached hydrogens (tertiary/aromatic N) is 1. The fourth-order valence-corrected chi connectivity index (χ4v) is 2.19. The van der Waals surface area contributed by atoms with Crippen LogP contribution in [0.5, 0.6) is 0 Å². The fraction of sp³-hybridized carbons (Fsp3) is 0.769. The molecule has 19 heavy (non-hydrogen) atoms. The standard InChI is InChI=1S/C13H20F3NO2/c1-3-10(12(18)19-2)4-7-17-8-5-11(6-9-17)13(14,15)16/h4,11H,3,5-9H2,1-2H3. The smallest absolute Gasteiger partial charge is 0.391 e. The van der Waals surface area contributed by atoms with E-state index in [4.69, 9.17) is 0 Å². The molecule has 1 aliphatic heterocycles. The predicted octanol–water partition coefficient (Wildman–Crippen LogP) is 2.77. The summed E-state index contributed by atoms with van der Waals surface area (Å²) in [6.07, 6.45) is -1.50. The molecule has 0 spiro atoms. The Balaban J connectivity index is 2.45. The minimum atomic E-state index is -4.08. The molecule has 0 unspecified atom stereocenters. The molecule has 0 aromatic heterocycles. The van der Waals surface area contributed by atoms with Crippen LogP contribution >= 0.6 is 0 Å². The third-order valence-electron chi connectivity index (χ3n) is 3.47. The number of methoxy groups -OCH3 is 1. The van der Waals surface area contributed by atoms with E-state index in [0.717, 1.165) is 0 Å². The third-order valence-corrected chi connectivity index (χ3v) is 3.47. The lowest BCUT2D eigenvalue weighted by atomic mass is 9.96. The van der Waals surface area contributed by atoms with Crippen LogP contribution in [-0.2, 0) is 9.53 Å². The summed E-state index contributed by atoms with van der Waals surface area (Å²) in [6, 6.07) is 0. The van der Waals surface area contributed by atoms with Crippen molar-refractivity contribution in [1.82, 2.24) is 4.90 Å². The van der Waals surface area contributed by atoms with Crippen LogP contribution in [0.25, 0.3) is 0 Å². The molecule has 0 atom stereocenters. The number of rotatable bonds is 4. The van der Waals surface area contributed by atoms with Crippen LogP contribution in [0.4, 0.5) is 13.2 Å². The summed E-state index contributed by atoms with van der Waals surface area (Å²) >= 11 is 0. The molecule has 0 saturated carbocycles. The number of hydrogen-bond donors (Lipinski definition) is 0. The number of ether oxygens (including phenoxy) is 1. The van der Waals surface area contributed by atoms with Gasteiger partial charge in [-0.25, -0.2) is 4.79 Å². The first kappa shape index (κ1) is 16.0. The van der Waals surface area contributed by atoms with Gasteiger partial charge < -0.3 is 4.74 Å². The lowest BCUT2D eigenvalue weighted by Crippen LogP contribution is -2.39. The van der Waals surface area contributed by atoms with Gasteiger partial charge in [-0.3, -0.25) is 4.90 Å². The van der Waals surface area contributed by atoms with Crippen LogP contribution in [0.15, 0.2) is 11.6 Å². The summed E-state index contributed by atoms with van der Waals surface area (Å²) in [4.78, 5) is 13.3. The van der Waals surface area contributed by atoms with Gasteiger partial charge >= 0.3 is 12.1 Å². The highest BCUT2D eigenvalue weighted by Gasteiger charge is 2.40. The first-order chi connectivity index (χ1) is 8.88. The summed E-state index contributed by atoms with van der Waals surface area (Å²) in [6.45, 7) is 3.18. The van der Waals surface area contributed by atoms with Crippen molar-refractivity contribution in [3.8, 4) is 0 Å². The molecular weight excluding hydrogens is 259 g/mol. The molecule has 1 saturated heterocycles. The Bertz CT molecular complexity index is 331. The molecule has 6 heteroatoms. The van der Waals surface area contributed by atoms with Gasteiger partial charge in [-0.2, -0.15) is 13.2 Å². The van der Waals surface area contributed by atoms with E-state index < -0.39 is 12.1 Å². The highest BCUT2D eigenvalue weighted by atomic mass is 19.4. The second kappa shape index (κ2) is 6.93. The van der Waals surface area contributed by atoms with Crippen molar-refractivity contribution in [2.75, 3.05) is 26.7 Å². The zero-order valence-corrected chi connectivity index (χ0v) is 11.3. The summed E-state index contributed by atoms with van der Waals surface area (Å²) in [5.74, 6) is -1.55. The minimum absolute atomic E-state index is 0.136. The monoisotopic (exact) mass is 279 g/mol. The molecule has 0 aliphatic carbocycles. The summed E-state index contributed by atoms with van der Waals surface area (Å²) in [7, 11) is 1.32. The Morgan fingerprint density at radius 1 is 1.37 bits per heavy atom. The second-order valence-electron chi connectivity index (χ2n) is 4.69. The molecule has 0 N–H and O–H groups in total. The minimum Gasteiger partial charge on any atom is -0.466 e. The van der Waals surface area contributed by atoms with Gasteiger partial charge in [0.15, 0.2) is 0 Å². The lowest BCUT2D eigenvalue weighted by molar-refractivity contribution is -0.184. The van der Waals surface area contributed by atoms with Crippen LogP contribution in [0.1, 0.15) is 26.2 Å². The highest BCUT2D eigenvalue weighted by molar-refractivity contribution is 5.88. The first-order valence-corrected chi connectivity index (χ1v) is 6.44. The number of esters is 1. The van der Waals surface area contributed by atoms with Crippen molar-refractivity contribution in [1.29, 1.82) is 0 Å². The first-order valence-electron chi connectivity index (χ1n) is 6.44. The maximum absolute atomic E-state index is 12.5. The summed E-state index contributed by atoms with van der Waals surface area (Å²) in [5, 5.41) is 0. The van der Waals surface area contributed by atoms with E-state index in [0.29, 0.717) is 31.6 Å². The van der Waals surface area contributed by atoms with Crippen molar-refractivity contribution in [2.24, 2.45) is 5.92 Å².